The van der Waals surface area contributed by atoms with Gasteiger partial charge < -0.3 is 15.2 Å². The van der Waals surface area contributed by atoms with E-state index in [0.717, 1.165) is 30.8 Å². The van der Waals surface area contributed by atoms with Gasteiger partial charge in [-0.1, -0.05) is 55.4 Å². The Bertz CT molecular complexity index is 932. The third-order valence-corrected chi connectivity index (χ3v) is 4.68. The monoisotopic (exact) mass is 393 g/mol. The molecule has 3 aromatic rings. The van der Waals surface area contributed by atoms with Gasteiger partial charge in [-0.3, -0.25) is 4.90 Å². The van der Waals surface area contributed by atoms with Crippen molar-refractivity contribution in [2.45, 2.75) is 33.9 Å². The number of amides is 2. The standard InChI is InChI=1S/C22H27N5O2/c1-4-27(5-2)15-18-11-9-17(10-12-18)14-23-22(28)25-20-8-6-7-19(13-20)21-24-16(3)29-26-21/h6-13H,4-5,14-15H2,1-3H3,(H2,23,25,28). The Morgan fingerprint density at radius 2 is 1.79 bits per heavy atom. The van der Waals surface area contributed by atoms with Gasteiger partial charge in [0.25, 0.3) is 0 Å². The first-order chi connectivity index (χ1) is 14.1. The number of rotatable bonds is 8. The number of aromatic nitrogens is 2. The number of benzene rings is 2. The third-order valence-electron chi connectivity index (χ3n) is 4.68. The van der Waals surface area contributed by atoms with Crippen LogP contribution in [0.3, 0.4) is 0 Å². The van der Waals surface area contributed by atoms with Crippen LogP contribution in [0.2, 0.25) is 0 Å². The molecule has 1 aromatic heterocycles. The summed E-state index contributed by atoms with van der Waals surface area (Å²) in [6.45, 7) is 9.54. The van der Waals surface area contributed by atoms with Crippen molar-refractivity contribution in [3.63, 3.8) is 0 Å². The van der Waals surface area contributed by atoms with Crippen molar-refractivity contribution in [1.82, 2.24) is 20.4 Å². The first kappa shape index (κ1) is 20.5. The number of urea groups is 1. The van der Waals surface area contributed by atoms with E-state index in [4.69, 9.17) is 4.52 Å². The maximum absolute atomic E-state index is 12.2. The lowest BCUT2D eigenvalue weighted by Crippen LogP contribution is -2.28. The van der Waals surface area contributed by atoms with Crippen molar-refractivity contribution in [3.8, 4) is 11.4 Å². The molecule has 0 aliphatic rings. The number of carbonyl (C=O) groups excluding carboxylic acids is 1. The summed E-state index contributed by atoms with van der Waals surface area (Å²) >= 11 is 0. The highest BCUT2D eigenvalue weighted by Gasteiger charge is 2.08. The van der Waals surface area contributed by atoms with E-state index in [1.807, 2.05) is 24.3 Å². The van der Waals surface area contributed by atoms with Gasteiger partial charge in [-0.2, -0.15) is 4.98 Å². The Morgan fingerprint density at radius 1 is 1.07 bits per heavy atom. The van der Waals surface area contributed by atoms with Gasteiger partial charge in [-0.05, 0) is 36.3 Å². The van der Waals surface area contributed by atoms with Gasteiger partial charge in [0.15, 0.2) is 0 Å². The fourth-order valence-corrected chi connectivity index (χ4v) is 2.98. The smallest absolute Gasteiger partial charge is 0.319 e. The molecule has 0 aliphatic carbocycles. The van der Waals surface area contributed by atoms with Crippen LogP contribution in [-0.2, 0) is 13.1 Å². The molecule has 152 valence electrons. The van der Waals surface area contributed by atoms with Crippen LogP contribution in [0.5, 0.6) is 0 Å². The molecule has 0 aliphatic heterocycles. The van der Waals surface area contributed by atoms with Crippen LogP contribution in [0.25, 0.3) is 11.4 Å². The summed E-state index contributed by atoms with van der Waals surface area (Å²) in [5.41, 5.74) is 3.77. The molecule has 29 heavy (non-hydrogen) atoms. The largest absolute Gasteiger partial charge is 0.339 e. The number of anilines is 1. The van der Waals surface area contributed by atoms with Gasteiger partial charge in [0, 0.05) is 31.3 Å². The number of hydrogen-bond donors (Lipinski definition) is 2. The summed E-state index contributed by atoms with van der Waals surface area (Å²) < 4.78 is 5.01. The zero-order chi connectivity index (χ0) is 20.6. The molecule has 3 rings (SSSR count). The van der Waals surface area contributed by atoms with E-state index in [-0.39, 0.29) is 6.03 Å². The molecule has 0 atom stereocenters. The van der Waals surface area contributed by atoms with E-state index in [2.05, 4.69) is 63.8 Å². The summed E-state index contributed by atoms with van der Waals surface area (Å²) in [4.78, 5) is 18.8. The number of nitrogens with one attached hydrogen (secondary N) is 2. The second kappa shape index (κ2) is 9.84. The number of nitrogens with zero attached hydrogens (tertiary/aromatic N) is 3. The molecular formula is C22H27N5O2. The van der Waals surface area contributed by atoms with E-state index in [9.17, 15) is 4.79 Å². The van der Waals surface area contributed by atoms with E-state index < -0.39 is 0 Å². The minimum Gasteiger partial charge on any atom is -0.339 e. The summed E-state index contributed by atoms with van der Waals surface area (Å²) in [6.07, 6.45) is 0. The lowest BCUT2D eigenvalue weighted by atomic mass is 10.1. The second-order valence-corrected chi connectivity index (χ2v) is 6.80. The maximum atomic E-state index is 12.2. The van der Waals surface area contributed by atoms with Gasteiger partial charge in [0.05, 0.1) is 0 Å². The summed E-state index contributed by atoms with van der Waals surface area (Å²) in [7, 11) is 0. The first-order valence-corrected chi connectivity index (χ1v) is 9.83. The van der Waals surface area contributed by atoms with Crippen LogP contribution >= 0.6 is 0 Å². The highest BCUT2D eigenvalue weighted by atomic mass is 16.5. The van der Waals surface area contributed by atoms with Crippen LogP contribution in [0.1, 0.15) is 30.9 Å². The molecule has 0 bridgehead atoms. The fourth-order valence-electron chi connectivity index (χ4n) is 2.98. The molecule has 0 radical (unpaired) electrons. The average molecular weight is 393 g/mol. The summed E-state index contributed by atoms with van der Waals surface area (Å²) in [5.74, 6) is 0.996. The molecule has 7 heteroatoms. The van der Waals surface area contributed by atoms with Crippen molar-refractivity contribution >= 4 is 11.7 Å². The molecule has 0 saturated heterocycles. The van der Waals surface area contributed by atoms with Crippen LogP contribution in [0, 0.1) is 6.92 Å². The minimum atomic E-state index is -0.265. The summed E-state index contributed by atoms with van der Waals surface area (Å²) in [6, 6.07) is 15.4. The normalized spacial score (nSPS) is 10.9. The Labute approximate surface area is 171 Å². The lowest BCUT2D eigenvalue weighted by molar-refractivity contribution is 0.251. The molecule has 0 unspecified atom stereocenters. The molecule has 2 N–H and O–H groups in total. The van der Waals surface area contributed by atoms with E-state index >= 15 is 0 Å². The van der Waals surface area contributed by atoms with Crippen LogP contribution < -0.4 is 10.6 Å². The SMILES string of the molecule is CCN(CC)Cc1ccc(CNC(=O)Nc2cccc(-c3noc(C)n3)c2)cc1. The van der Waals surface area contributed by atoms with Crippen LogP contribution in [0.15, 0.2) is 53.1 Å². The van der Waals surface area contributed by atoms with E-state index in [1.165, 1.54) is 5.56 Å². The number of hydrogen-bond acceptors (Lipinski definition) is 5. The van der Waals surface area contributed by atoms with E-state index in [1.54, 1.807) is 6.92 Å². The molecular weight excluding hydrogens is 366 g/mol. The van der Waals surface area contributed by atoms with Gasteiger partial charge in [0.1, 0.15) is 0 Å². The molecule has 0 saturated carbocycles. The second-order valence-electron chi connectivity index (χ2n) is 6.80. The van der Waals surface area contributed by atoms with Crippen molar-refractivity contribution < 1.29 is 9.32 Å². The lowest BCUT2D eigenvalue weighted by Gasteiger charge is -2.18. The van der Waals surface area contributed by atoms with Crippen LogP contribution in [0.4, 0.5) is 10.5 Å². The first-order valence-electron chi connectivity index (χ1n) is 9.83. The topological polar surface area (TPSA) is 83.3 Å². The Morgan fingerprint density at radius 3 is 2.45 bits per heavy atom. The van der Waals surface area contributed by atoms with Crippen molar-refractivity contribution in [1.29, 1.82) is 0 Å². The highest BCUT2D eigenvalue weighted by Crippen LogP contribution is 2.19. The van der Waals surface area contributed by atoms with Gasteiger partial charge in [-0.25, -0.2) is 4.79 Å². The highest BCUT2D eigenvalue weighted by molar-refractivity contribution is 5.89. The predicted octanol–water partition coefficient (Wildman–Crippen LogP) is 4.21. The Kier molecular flexibility index (Phi) is 6.97. The van der Waals surface area contributed by atoms with Gasteiger partial charge >= 0.3 is 6.03 Å². The zero-order valence-electron chi connectivity index (χ0n) is 17.1. The molecule has 2 amide bonds. The Hall–Kier alpha value is -3.19. The van der Waals surface area contributed by atoms with Crippen molar-refractivity contribution in [2.24, 2.45) is 0 Å². The minimum absolute atomic E-state index is 0.265. The van der Waals surface area contributed by atoms with Crippen molar-refractivity contribution in [2.75, 3.05) is 18.4 Å². The number of aryl methyl sites for hydroxylation is 1. The molecule has 0 spiro atoms. The van der Waals surface area contributed by atoms with Crippen molar-refractivity contribution in [3.05, 3.63) is 65.5 Å². The molecule has 2 aromatic carbocycles. The van der Waals surface area contributed by atoms with Gasteiger partial charge in [-0.15, -0.1) is 0 Å². The third kappa shape index (κ3) is 5.89. The Balaban J connectivity index is 1.52. The summed E-state index contributed by atoms with van der Waals surface area (Å²) in [5, 5.41) is 9.62. The molecule has 7 nitrogen and oxygen atoms in total. The average Bonchev–Trinajstić information content (AvgIpc) is 3.18. The maximum Gasteiger partial charge on any atom is 0.319 e. The zero-order valence-corrected chi connectivity index (χ0v) is 17.1. The van der Waals surface area contributed by atoms with Gasteiger partial charge in [0.2, 0.25) is 11.7 Å². The molecule has 1 heterocycles. The fraction of sp³-hybridized carbons (Fsp3) is 0.318. The molecule has 0 fully saturated rings. The number of carbonyl (C=O) groups is 1. The predicted molar refractivity (Wildman–Crippen MR) is 113 cm³/mol. The quantitative estimate of drug-likeness (QED) is 0.599. The van der Waals surface area contributed by atoms with Crippen LogP contribution in [-0.4, -0.2) is 34.2 Å². The van der Waals surface area contributed by atoms with E-state index in [0.29, 0.717) is 23.9 Å².